The lowest BCUT2D eigenvalue weighted by atomic mass is 9.94. The first-order valence-corrected chi connectivity index (χ1v) is 19.7. The Morgan fingerprint density at radius 3 is 2.19 bits per heavy atom. The average Bonchev–Trinajstić information content (AvgIpc) is 3.60. The van der Waals surface area contributed by atoms with Gasteiger partial charge in [-0.2, -0.15) is 0 Å². The van der Waals surface area contributed by atoms with Crippen LogP contribution in [0.3, 0.4) is 0 Å². The van der Waals surface area contributed by atoms with Gasteiger partial charge in [0.15, 0.2) is 6.29 Å². The Hall–Kier alpha value is -5.60. The third-order valence-electron chi connectivity index (χ3n) is 9.78. The number of alkyl carbamates (subject to hydrolysis) is 1. The molecule has 1 aromatic heterocycles. The van der Waals surface area contributed by atoms with Crippen LogP contribution in [-0.2, 0) is 41.6 Å². The molecule has 14 nitrogen and oxygen atoms in total. The van der Waals surface area contributed by atoms with Crippen molar-refractivity contribution in [3.8, 4) is 0 Å². The number of carbonyl (C=O) groups excluding carboxylic acids is 5. The summed E-state index contributed by atoms with van der Waals surface area (Å²) in [5.74, 6) is -2.20. The van der Waals surface area contributed by atoms with E-state index >= 15 is 0 Å². The van der Waals surface area contributed by atoms with Crippen molar-refractivity contribution in [2.45, 2.75) is 115 Å². The van der Waals surface area contributed by atoms with E-state index in [0.717, 1.165) is 11.1 Å². The van der Waals surface area contributed by atoms with Crippen molar-refractivity contribution in [1.82, 2.24) is 25.8 Å². The number of hydrogen-bond donors (Lipinski definition) is 4. The molecule has 1 saturated heterocycles. The number of pyridine rings is 1. The first-order chi connectivity index (χ1) is 27.6. The monoisotopic (exact) mass is 799 g/mol. The number of hydrogen-bond acceptors (Lipinski definition) is 10. The van der Waals surface area contributed by atoms with Crippen molar-refractivity contribution in [1.29, 1.82) is 0 Å². The highest BCUT2D eigenvalue weighted by Gasteiger charge is 2.43. The minimum atomic E-state index is -1.53. The molecule has 1 aliphatic rings. The fourth-order valence-corrected chi connectivity index (χ4v) is 6.35. The molecule has 0 aliphatic carbocycles. The molecule has 0 spiro atoms. The van der Waals surface area contributed by atoms with Gasteiger partial charge < -0.3 is 40.2 Å². The van der Waals surface area contributed by atoms with Crippen molar-refractivity contribution in [3.63, 3.8) is 0 Å². The molecule has 1 aliphatic heterocycles. The van der Waals surface area contributed by atoms with Gasteiger partial charge in [0.05, 0.1) is 18.8 Å². The highest BCUT2D eigenvalue weighted by molar-refractivity contribution is 5.96. The van der Waals surface area contributed by atoms with Crippen molar-refractivity contribution >= 4 is 29.8 Å². The Balaban J connectivity index is 1.47. The van der Waals surface area contributed by atoms with E-state index in [-0.39, 0.29) is 39.0 Å². The Kier molecular flexibility index (Phi) is 16.5. The zero-order chi connectivity index (χ0) is 42.3. The van der Waals surface area contributed by atoms with E-state index in [0.29, 0.717) is 30.4 Å². The number of carbonyl (C=O) groups is 5. The van der Waals surface area contributed by atoms with Gasteiger partial charge in [-0.15, -0.1) is 0 Å². The Labute approximate surface area is 340 Å². The maximum Gasteiger partial charge on any atom is 0.408 e. The molecule has 0 bridgehead atoms. The van der Waals surface area contributed by atoms with Gasteiger partial charge in [-0.1, -0.05) is 62.0 Å². The van der Waals surface area contributed by atoms with Gasteiger partial charge in [0, 0.05) is 25.4 Å². The minimum absolute atomic E-state index is 0.0924. The number of benzene rings is 2. The summed E-state index contributed by atoms with van der Waals surface area (Å²) in [4.78, 5) is 73.4. The predicted octanol–water partition coefficient (Wildman–Crippen LogP) is 5.01. The van der Waals surface area contributed by atoms with Crippen LogP contribution in [0.2, 0.25) is 0 Å². The molecule has 4 N–H and O–H groups in total. The Morgan fingerprint density at radius 1 is 0.897 bits per heavy atom. The number of nitrogens with one attached hydrogen (secondary N) is 3. The summed E-state index contributed by atoms with van der Waals surface area (Å²) in [6, 6.07) is 18.3. The molecule has 5 atom stereocenters. The minimum Gasteiger partial charge on any atom is -0.462 e. The van der Waals surface area contributed by atoms with Crippen LogP contribution >= 0.6 is 0 Å². The quantitative estimate of drug-likeness (QED) is 0.0557. The lowest BCUT2D eigenvalue weighted by Gasteiger charge is -2.35. The second-order valence-electron chi connectivity index (χ2n) is 15.5. The Bertz CT molecular complexity index is 1840. The highest BCUT2D eigenvalue weighted by atomic mass is 16.6. The lowest BCUT2D eigenvalue weighted by Crippen LogP contribution is -2.63. The van der Waals surface area contributed by atoms with Crippen LogP contribution < -0.4 is 16.0 Å². The third-order valence-corrected chi connectivity index (χ3v) is 9.78. The second-order valence-corrected chi connectivity index (χ2v) is 15.5. The van der Waals surface area contributed by atoms with Gasteiger partial charge in [0.25, 0.3) is 0 Å². The summed E-state index contributed by atoms with van der Waals surface area (Å²) < 4.78 is 16.6. The van der Waals surface area contributed by atoms with Crippen LogP contribution in [0.15, 0.2) is 97.3 Å². The molecule has 2 aromatic carbocycles. The van der Waals surface area contributed by atoms with Gasteiger partial charge in [0.1, 0.15) is 29.3 Å². The van der Waals surface area contributed by atoms with Crippen LogP contribution in [0.5, 0.6) is 0 Å². The molecule has 14 heteroatoms. The Morgan fingerprint density at radius 2 is 1.55 bits per heavy atom. The zero-order valence-electron chi connectivity index (χ0n) is 34.1. The smallest absolute Gasteiger partial charge is 0.408 e. The fraction of sp³-hybridized carbons (Fsp3) is 0.455. The zero-order valence-corrected chi connectivity index (χ0v) is 34.1. The van der Waals surface area contributed by atoms with Gasteiger partial charge in [-0.05, 0) is 101 Å². The van der Waals surface area contributed by atoms with Crippen molar-refractivity contribution in [2.24, 2.45) is 0 Å². The SMILES string of the molecule is C=C1CCN(C(=O)[C@H](Cc2ccncc2)NC(=O)[C@](C)(CC)NC(=O)C(CCCCOC(=O)c2ccccc2)NC(=O)OC(C)(C)C)[C@H]1C(O)OCc1ccccc1. The van der Waals surface area contributed by atoms with E-state index in [1.165, 1.54) is 4.90 Å². The molecule has 3 aromatic rings. The second kappa shape index (κ2) is 21.2. The molecular weight excluding hydrogens is 743 g/mol. The number of aliphatic hydroxyl groups excluding tert-OH is 1. The van der Waals surface area contributed by atoms with E-state index in [1.807, 2.05) is 30.3 Å². The van der Waals surface area contributed by atoms with Gasteiger partial charge >= 0.3 is 12.1 Å². The average molecular weight is 800 g/mol. The lowest BCUT2D eigenvalue weighted by molar-refractivity contribution is -0.157. The number of unbranched alkanes of at least 4 members (excludes halogenated alkanes) is 1. The normalized spacial score (nSPS) is 16.6. The molecular formula is C44H57N5O9. The molecule has 4 amide bonds. The molecule has 1 fully saturated rings. The van der Waals surface area contributed by atoms with Crippen LogP contribution in [0.25, 0.3) is 0 Å². The van der Waals surface area contributed by atoms with Gasteiger partial charge in [0.2, 0.25) is 17.7 Å². The topological polar surface area (TPSA) is 185 Å². The van der Waals surface area contributed by atoms with Crippen LogP contribution in [0, 0.1) is 0 Å². The molecule has 2 heterocycles. The highest BCUT2D eigenvalue weighted by Crippen LogP contribution is 2.28. The number of likely N-dealkylation sites (tertiary alicyclic amines) is 1. The molecule has 2 unspecified atom stereocenters. The van der Waals surface area contributed by atoms with E-state index in [4.69, 9.17) is 14.2 Å². The van der Waals surface area contributed by atoms with Crippen LogP contribution in [-0.4, -0.2) is 93.5 Å². The summed E-state index contributed by atoms with van der Waals surface area (Å²) >= 11 is 0. The number of esters is 1. The number of aromatic nitrogens is 1. The summed E-state index contributed by atoms with van der Waals surface area (Å²) in [7, 11) is 0. The van der Waals surface area contributed by atoms with Gasteiger partial charge in [-0.25, -0.2) is 9.59 Å². The number of nitrogens with zero attached hydrogens (tertiary/aromatic N) is 2. The van der Waals surface area contributed by atoms with E-state index in [2.05, 4.69) is 27.5 Å². The summed E-state index contributed by atoms with van der Waals surface area (Å²) in [5, 5.41) is 19.5. The standard InChI is InChI=1S/C44H57N5O9/c1-7-44(6,48-37(50)34(47-42(55)58-43(3,4)5)20-14-15-27-56-39(52)33-18-12-9-13-19-33)41(54)46-35(28-31-21-24-45-25-22-31)38(51)49-26-23-30(2)36(49)40(53)57-29-32-16-10-8-11-17-32/h8-13,16-19,21-22,24-25,34-36,40,53H,2,7,14-15,20,23,26-29H2,1,3-6H3,(H,46,54)(H,47,55)(H,48,50)/t34?,35-,36+,40?,44-/m0/s1. The predicted molar refractivity (Wildman–Crippen MR) is 217 cm³/mol. The molecule has 312 valence electrons. The number of amides is 4. The van der Waals surface area contributed by atoms with Crippen molar-refractivity contribution < 1.29 is 43.3 Å². The first kappa shape index (κ1) is 45.1. The van der Waals surface area contributed by atoms with Crippen LogP contribution in [0.1, 0.15) is 88.2 Å². The maximum absolute atomic E-state index is 14.4. The fourth-order valence-electron chi connectivity index (χ4n) is 6.35. The molecule has 58 heavy (non-hydrogen) atoms. The third kappa shape index (κ3) is 13.5. The number of ether oxygens (including phenoxy) is 3. The van der Waals surface area contributed by atoms with E-state index in [9.17, 15) is 29.1 Å². The summed E-state index contributed by atoms with van der Waals surface area (Å²) in [6.45, 7) is 12.9. The van der Waals surface area contributed by atoms with Crippen LogP contribution in [0.4, 0.5) is 4.79 Å². The molecule has 0 saturated carbocycles. The molecule has 0 radical (unpaired) electrons. The number of rotatable bonds is 19. The van der Waals surface area contributed by atoms with Crippen molar-refractivity contribution in [2.75, 3.05) is 13.2 Å². The van der Waals surface area contributed by atoms with Gasteiger partial charge in [-0.3, -0.25) is 19.4 Å². The molecule has 4 rings (SSSR count). The largest absolute Gasteiger partial charge is 0.462 e. The first-order valence-electron chi connectivity index (χ1n) is 19.7. The van der Waals surface area contributed by atoms with E-state index in [1.54, 1.807) is 89.5 Å². The number of aliphatic hydroxyl groups is 1. The van der Waals surface area contributed by atoms with E-state index < -0.39 is 65.3 Å². The van der Waals surface area contributed by atoms with Crippen molar-refractivity contribution in [3.05, 3.63) is 114 Å². The maximum atomic E-state index is 14.4. The summed E-state index contributed by atoms with van der Waals surface area (Å²) in [6.07, 6.45) is 2.57. The summed E-state index contributed by atoms with van der Waals surface area (Å²) in [5.41, 5.74) is 0.243.